The predicted octanol–water partition coefficient (Wildman–Crippen LogP) is 4.62. The van der Waals surface area contributed by atoms with Crippen molar-refractivity contribution < 1.29 is 82.8 Å². The number of aliphatic hydroxyl groups excluding tert-OH is 2. The van der Waals surface area contributed by atoms with Crippen LogP contribution in [0.25, 0.3) is 0 Å². The van der Waals surface area contributed by atoms with Crippen LogP contribution in [-0.2, 0) is 41.4 Å². The number of hydrogen-bond acceptors (Lipinski definition) is 14. The van der Waals surface area contributed by atoms with Gasteiger partial charge < -0.3 is 67.1 Å². The fourth-order valence-electron chi connectivity index (χ4n) is 5.71. The van der Waals surface area contributed by atoms with Crippen LogP contribution in [0.2, 0.25) is 12.1 Å². The smallest absolute Gasteiger partial charge is 0.500 e. The normalized spacial score (nSPS) is 14.2. The minimum absolute atomic E-state index is 0.153. The van der Waals surface area contributed by atoms with Crippen LogP contribution in [0.3, 0.4) is 0 Å². The molecule has 0 bridgehead atoms. The Hall–Kier alpha value is -2.75. The number of anilines is 2. The summed E-state index contributed by atoms with van der Waals surface area (Å²) in [7, 11) is 3.00. The summed E-state index contributed by atoms with van der Waals surface area (Å²) in [5.74, 6) is -1.37. The van der Waals surface area contributed by atoms with Crippen LogP contribution in [0.1, 0.15) is 24.0 Å². The molecule has 0 saturated carbocycles. The van der Waals surface area contributed by atoms with E-state index in [2.05, 4.69) is 10.6 Å². The van der Waals surface area contributed by atoms with Gasteiger partial charge in [-0.3, -0.25) is 0 Å². The van der Waals surface area contributed by atoms with Crippen LogP contribution in [0.15, 0.2) is 36.4 Å². The van der Waals surface area contributed by atoms with Gasteiger partial charge in [-0.2, -0.15) is 26.3 Å². The standard InChI is InChI=1S/C33H52F6N2O12Si2/c1-46-54(47-2,48-3)15-7-13-52-21-25(42)19-40-27-17-23(9-11-29(27)44)31(32(34,35)36,33(37,38)39)24-10-12-30(45)28(18-24)41-20-26(43)22-53-14-8-16-55(49-4,50-5)51-6/h9-12,17-18,25-26,40-45H,7-8,13-16,19-22H2,1-6H3. The maximum Gasteiger partial charge on any atom is 0.500 e. The van der Waals surface area contributed by atoms with Crippen molar-refractivity contribution in [3.8, 4) is 11.5 Å². The van der Waals surface area contributed by atoms with Gasteiger partial charge in [0.15, 0.2) is 0 Å². The molecule has 0 heterocycles. The lowest BCUT2D eigenvalue weighted by molar-refractivity contribution is -0.288. The van der Waals surface area contributed by atoms with Gasteiger partial charge in [-0.1, -0.05) is 12.1 Å². The predicted molar refractivity (Wildman–Crippen MR) is 192 cm³/mol. The molecule has 2 aromatic carbocycles. The molecule has 0 aliphatic carbocycles. The third kappa shape index (κ3) is 12.6. The van der Waals surface area contributed by atoms with Gasteiger partial charge in [0.05, 0.1) is 36.8 Å². The van der Waals surface area contributed by atoms with E-state index in [0.717, 1.165) is 0 Å². The van der Waals surface area contributed by atoms with Crippen molar-refractivity contribution in [1.29, 1.82) is 0 Å². The van der Waals surface area contributed by atoms with E-state index >= 15 is 0 Å². The van der Waals surface area contributed by atoms with Crippen molar-refractivity contribution in [2.75, 3.05) is 92.8 Å². The third-order valence-electron chi connectivity index (χ3n) is 8.80. The number of phenolic OH excluding ortho intramolecular Hbond substituents is 2. The molecular weight excluding hydrogens is 787 g/mol. The molecule has 22 heteroatoms. The minimum Gasteiger partial charge on any atom is -0.506 e. The first-order valence-corrected chi connectivity index (χ1v) is 20.8. The zero-order chi connectivity index (χ0) is 41.5. The van der Waals surface area contributed by atoms with E-state index in [1.165, 1.54) is 42.7 Å². The van der Waals surface area contributed by atoms with Crippen LogP contribution < -0.4 is 10.6 Å². The van der Waals surface area contributed by atoms with Crippen molar-refractivity contribution in [3.05, 3.63) is 47.5 Å². The molecule has 0 amide bonds. The largest absolute Gasteiger partial charge is 0.506 e. The second kappa shape index (κ2) is 21.7. The molecule has 0 aromatic heterocycles. The average molecular weight is 839 g/mol. The van der Waals surface area contributed by atoms with Gasteiger partial charge in [0.1, 0.15) is 11.5 Å². The number of phenols is 2. The SMILES string of the molecule is CO[Si](CCCOCC(O)CNc1cc(C(c2ccc(O)c(NCC(O)COCCC[Si](OC)(OC)OC)c2)(C(F)(F)F)C(F)(F)F)ccc1O)(OC)OC. The van der Waals surface area contributed by atoms with Crippen LogP contribution in [0.5, 0.6) is 11.5 Å². The minimum atomic E-state index is -6.00. The van der Waals surface area contributed by atoms with Crippen molar-refractivity contribution in [1.82, 2.24) is 0 Å². The highest BCUT2D eigenvalue weighted by atomic mass is 28.4. The molecule has 0 saturated heterocycles. The van der Waals surface area contributed by atoms with Gasteiger partial charge in [-0.15, -0.1) is 0 Å². The lowest BCUT2D eigenvalue weighted by atomic mass is 9.72. The molecule has 14 nitrogen and oxygen atoms in total. The maximum absolute atomic E-state index is 15.0. The number of alkyl halides is 6. The fourth-order valence-corrected chi connectivity index (χ4v) is 9.09. The first kappa shape index (κ1) is 48.4. The number of benzene rings is 2. The molecule has 0 aliphatic rings. The molecular formula is C33H52F6N2O12Si2. The van der Waals surface area contributed by atoms with Gasteiger partial charge in [0, 0.05) is 81.1 Å². The molecule has 2 rings (SSSR count). The van der Waals surface area contributed by atoms with E-state index in [-0.39, 0.29) is 26.4 Å². The highest BCUT2D eigenvalue weighted by molar-refractivity contribution is 6.60. The molecule has 55 heavy (non-hydrogen) atoms. The summed E-state index contributed by atoms with van der Waals surface area (Å²) in [6, 6.07) is 4.12. The Balaban J connectivity index is 2.23. The van der Waals surface area contributed by atoms with E-state index in [1.54, 1.807) is 0 Å². The zero-order valence-electron chi connectivity index (χ0n) is 31.5. The number of halogens is 6. The Morgan fingerprint density at radius 1 is 0.582 bits per heavy atom. The lowest BCUT2D eigenvalue weighted by Crippen LogP contribution is -2.54. The Bertz CT molecular complexity index is 1320. The monoisotopic (exact) mass is 838 g/mol. The maximum atomic E-state index is 15.0. The Morgan fingerprint density at radius 3 is 1.20 bits per heavy atom. The molecule has 0 radical (unpaired) electrons. The Kier molecular flexibility index (Phi) is 19.1. The summed E-state index contributed by atoms with van der Waals surface area (Å²) in [5, 5.41) is 46.5. The van der Waals surface area contributed by atoms with Crippen LogP contribution in [-0.4, -0.2) is 145 Å². The first-order chi connectivity index (χ1) is 25.8. The number of nitrogens with one attached hydrogen (secondary N) is 2. The third-order valence-corrected chi connectivity index (χ3v) is 14.5. The van der Waals surface area contributed by atoms with Gasteiger partial charge >= 0.3 is 30.0 Å². The summed E-state index contributed by atoms with van der Waals surface area (Å²) in [4.78, 5) is 0. The molecule has 2 unspecified atom stereocenters. The molecule has 0 aliphatic heterocycles. The summed E-state index contributed by atoms with van der Waals surface area (Å²) in [6.07, 6.45) is -13.7. The van der Waals surface area contributed by atoms with Crippen LogP contribution >= 0.6 is 0 Å². The van der Waals surface area contributed by atoms with E-state index in [4.69, 9.17) is 36.0 Å². The zero-order valence-corrected chi connectivity index (χ0v) is 33.5. The fraction of sp³-hybridized carbons (Fsp3) is 0.636. The highest BCUT2D eigenvalue weighted by Gasteiger charge is 2.72. The van der Waals surface area contributed by atoms with Gasteiger partial charge in [-0.05, 0) is 48.2 Å². The molecule has 6 N–H and O–H groups in total. The summed E-state index contributed by atoms with van der Waals surface area (Å²) < 4.78 is 133. The molecule has 0 fully saturated rings. The summed E-state index contributed by atoms with van der Waals surface area (Å²) in [5.41, 5.74) is -8.33. The van der Waals surface area contributed by atoms with E-state index in [1.807, 2.05) is 0 Å². The van der Waals surface area contributed by atoms with E-state index < -0.39 is 94.7 Å². The topological polar surface area (TPSA) is 179 Å². The van der Waals surface area contributed by atoms with Crippen molar-refractivity contribution >= 4 is 29.0 Å². The molecule has 2 atom stereocenters. The van der Waals surface area contributed by atoms with Gasteiger partial charge in [0.25, 0.3) is 0 Å². The van der Waals surface area contributed by atoms with Crippen LogP contribution in [0.4, 0.5) is 37.7 Å². The van der Waals surface area contributed by atoms with Crippen LogP contribution in [0, 0.1) is 0 Å². The molecule has 2 aromatic rings. The van der Waals surface area contributed by atoms with Gasteiger partial charge in [0.2, 0.25) is 5.41 Å². The number of aromatic hydroxyl groups is 2. The molecule has 0 spiro atoms. The van der Waals surface area contributed by atoms with Crippen molar-refractivity contribution in [2.24, 2.45) is 0 Å². The number of rotatable bonds is 26. The lowest BCUT2D eigenvalue weighted by Gasteiger charge is -2.38. The highest BCUT2D eigenvalue weighted by Crippen LogP contribution is 2.57. The van der Waals surface area contributed by atoms with Gasteiger partial charge in [-0.25, -0.2) is 0 Å². The van der Waals surface area contributed by atoms with E-state index in [9.17, 15) is 46.8 Å². The second-order valence-corrected chi connectivity index (χ2v) is 18.4. The van der Waals surface area contributed by atoms with Crippen molar-refractivity contribution in [3.63, 3.8) is 0 Å². The first-order valence-electron chi connectivity index (χ1n) is 16.9. The molecule has 316 valence electrons. The van der Waals surface area contributed by atoms with E-state index in [0.29, 0.717) is 61.3 Å². The number of hydrogen-bond donors (Lipinski definition) is 6. The Morgan fingerprint density at radius 2 is 0.909 bits per heavy atom. The summed E-state index contributed by atoms with van der Waals surface area (Å²) >= 11 is 0. The van der Waals surface area contributed by atoms with Crippen molar-refractivity contribution in [2.45, 2.75) is 54.9 Å². The second-order valence-electron chi connectivity index (χ2n) is 12.2. The number of aliphatic hydroxyl groups is 2. The Labute approximate surface area is 318 Å². The quantitative estimate of drug-likeness (QED) is 0.0335. The number of ether oxygens (including phenoxy) is 2. The average Bonchev–Trinajstić information content (AvgIpc) is 3.14. The summed E-state index contributed by atoms with van der Waals surface area (Å²) in [6.45, 7) is -1.03.